The number of aliphatic imine (C=N–C) groups is 1. The van der Waals surface area contributed by atoms with E-state index in [1.54, 1.807) is 24.3 Å². The van der Waals surface area contributed by atoms with Crippen molar-refractivity contribution in [2.75, 3.05) is 13.2 Å². The lowest BCUT2D eigenvalue weighted by Gasteiger charge is -2.20. The van der Waals surface area contributed by atoms with E-state index in [-0.39, 0.29) is 11.4 Å². The van der Waals surface area contributed by atoms with Gasteiger partial charge in [0.2, 0.25) is 5.17 Å². The summed E-state index contributed by atoms with van der Waals surface area (Å²) in [4.78, 5) is 16.3. The molecule has 2 aromatic rings. The number of fused-ring (bicyclic) bond motifs is 1. The summed E-state index contributed by atoms with van der Waals surface area (Å²) in [5.41, 5.74) is 1.92. The van der Waals surface area contributed by atoms with Crippen LogP contribution < -0.4 is 9.47 Å². The Bertz CT molecular complexity index is 1140. The number of nitrogens with one attached hydrogen (secondary N) is 1. The Hall–Kier alpha value is -3.10. The van der Waals surface area contributed by atoms with Crippen molar-refractivity contribution in [3.8, 4) is 11.5 Å². The number of amidine groups is 2. The number of thioether (sulfide) groups is 1. The number of amides is 1. The van der Waals surface area contributed by atoms with Gasteiger partial charge in [0.15, 0.2) is 5.84 Å². The third kappa shape index (κ3) is 4.81. The van der Waals surface area contributed by atoms with Gasteiger partial charge in [-0.1, -0.05) is 23.7 Å². The fourth-order valence-corrected chi connectivity index (χ4v) is 3.79. The number of benzene rings is 2. The van der Waals surface area contributed by atoms with E-state index in [4.69, 9.17) is 26.5 Å². The Kier molecular flexibility index (Phi) is 6.11. The molecular formula is C22H19ClN4O3S. The van der Waals surface area contributed by atoms with E-state index < -0.39 is 5.91 Å². The van der Waals surface area contributed by atoms with Crippen LogP contribution in [-0.2, 0) is 4.79 Å². The Morgan fingerprint density at radius 2 is 1.77 bits per heavy atom. The summed E-state index contributed by atoms with van der Waals surface area (Å²) in [5, 5.41) is 15.8. The molecule has 0 aromatic heterocycles. The highest BCUT2D eigenvalue weighted by Crippen LogP contribution is 2.28. The molecule has 0 saturated heterocycles. The molecule has 31 heavy (non-hydrogen) atoms. The molecule has 1 N–H and O–H groups in total. The number of carbonyl (C=O) groups excluding carboxylic acids is 1. The van der Waals surface area contributed by atoms with Gasteiger partial charge in [-0.05, 0) is 73.1 Å². The van der Waals surface area contributed by atoms with Crippen LogP contribution in [0.15, 0.2) is 58.1 Å². The molecule has 158 valence electrons. The van der Waals surface area contributed by atoms with Gasteiger partial charge in [0, 0.05) is 5.02 Å². The first-order chi connectivity index (χ1) is 14.9. The summed E-state index contributed by atoms with van der Waals surface area (Å²) < 4.78 is 11.4. The van der Waals surface area contributed by atoms with Gasteiger partial charge in [0.05, 0.1) is 10.6 Å². The Balaban J connectivity index is 1.34. The molecule has 0 bridgehead atoms. The van der Waals surface area contributed by atoms with E-state index in [9.17, 15) is 4.79 Å². The predicted molar refractivity (Wildman–Crippen MR) is 124 cm³/mol. The lowest BCUT2D eigenvalue weighted by Crippen LogP contribution is -2.35. The second kappa shape index (κ2) is 8.95. The zero-order chi connectivity index (χ0) is 22.0. The minimum Gasteiger partial charge on any atom is -0.490 e. The van der Waals surface area contributed by atoms with E-state index >= 15 is 0 Å². The third-order valence-electron chi connectivity index (χ3n) is 4.50. The molecule has 0 radical (unpaired) electrons. The Morgan fingerprint density at radius 3 is 2.48 bits per heavy atom. The first-order valence-electron chi connectivity index (χ1n) is 9.49. The standard InChI is InChI=1S/C22H19ClN4O3S/c1-13-11-17(7-8-19(13)23)30-10-9-29-16-5-3-15(4-6-16)12-18-20(24)27-22(25-21(18)28)31-14(2)26-27/h3-8,11-12,24H,9-10H2,1-2H3/b18-12+,24-20?. The minimum absolute atomic E-state index is 0.0225. The first kappa shape index (κ1) is 21.1. The Morgan fingerprint density at radius 1 is 1.10 bits per heavy atom. The molecule has 0 spiro atoms. The summed E-state index contributed by atoms with van der Waals surface area (Å²) in [6.07, 6.45) is 1.63. The molecule has 0 atom stereocenters. The van der Waals surface area contributed by atoms with Crippen LogP contribution in [0.3, 0.4) is 0 Å². The maximum absolute atomic E-state index is 12.3. The van der Waals surface area contributed by atoms with E-state index in [2.05, 4.69) is 10.1 Å². The zero-order valence-corrected chi connectivity index (χ0v) is 18.5. The summed E-state index contributed by atoms with van der Waals surface area (Å²) in [6.45, 7) is 4.51. The van der Waals surface area contributed by atoms with Crippen molar-refractivity contribution in [3.63, 3.8) is 0 Å². The number of hydrogen-bond donors (Lipinski definition) is 1. The number of hydrazone groups is 1. The number of hydrogen-bond acceptors (Lipinski definition) is 6. The number of aryl methyl sites for hydroxylation is 1. The predicted octanol–water partition coefficient (Wildman–Crippen LogP) is 4.75. The summed E-state index contributed by atoms with van der Waals surface area (Å²) >= 11 is 7.29. The molecule has 0 unspecified atom stereocenters. The van der Waals surface area contributed by atoms with Gasteiger partial charge < -0.3 is 9.47 Å². The summed E-state index contributed by atoms with van der Waals surface area (Å²) in [5.74, 6) is 1.01. The maximum atomic E-state index is 12.3. The van der Waals surface area contributed by atoms with Crippen molar-refractivity contribution in [3.05, 3.63) is 64.2 Å². The van der Waals surface area contributed by atoms with Crippen molar-refractivity contribution in [2.24, 2.45) is 10.1 Å². The van der Waals surface area contributed by atoms with E-state index in [0.717, 1.165) is 21.9 Å². The molecule has 0 aliphatic carbocycles. The van der Waals surface area contributed by atoms with Crippen LogP contribution >= 0.6 is 23.4 Å². The van der Waals surface area contributed by atoms with Gasteiger partial charge in [-0.25, -0.2) is 0 Å². The highest BCUT2D eigenvalue weighted by Gasteiger charge is 2.34. The van der Waals surface area contributed by atoms with E-state index in [1.165, 1.54) is 16.8 Å². The average Bonchev–Trinajstić information content (AvgIpc) is 3.12. The average molecular weight is 455 g/mol. The topological polar surface area (TPSA) is 87.3 Å². The van der Waals surface area contributed by atoms with Crippen LogP contribution in [0.4, 0.5) is 0 Å². The van der Waals surface area contributed by atoms with E-state index in [0.29, 0.717) is 29.2 Å². The first-order valence-corrected chi connectivity index (χ1v) is 10.7. The second-order valence-electron chi connectivity index (χ2n) is 6.82. The fraction of sp³-hybridized carbons (Fsp3) is 0.182. The maximum Gasteiger partial charge on any atom is 0.283 e. The number of rotatable bonds is 6. The van der Waals surface area contributed by atoms with Gasteiger partial charge in [-0.15, -0.1) is 0 Å². The molecule has 0 fully saturated rings. The van der Waals surface area contributed by atoms with Crippen molar-refractivity contribution in [1.29, 1.82) is 5.41 Å². The molecular weight excluding hydrogens is 436 g/mol. The van der Waals surface area contributed by atoms with Crippen LogP contribution in [0, 0.1) is 12.3 Å². The van der Waals surface area contributed by atoms with Crippen LogP contribution in [0.25, 0.3) is 6.08 Å². The molecule has 2 heterocycles. The van der Waals surface area contributed by atoms with E-state index in [1.807, 2.05) is 38.1 Å². The summed E-state index contributed by atoms with van der Waals surface area (Å²) in [6, 6.07) is 12.8. The number of carbonyl (C=O) groups is 1. The van der Waals surface area contributed by atoms with Crippen LogP contribution in [0.5, 0.6) is 11.5 Å². The molecule has 2 aliphatic rings. The highest BCUT2D eigenvalue weighted by molar-refractivity contribution is 8.26. The molecule has 2 aliphatic heterocycles. The highest BCUT2D eigenvalue weighted by atomic mass is 35.5. The lowest BCUT2D eigenvalue weighted by molar-refractivity contribution is -0.114. The molecule has 9 heteroatoms. The normalized spacial score (nSPS) is 16.9. The van der Waals surface area contributed by atoms with Gasteiger partial charge >= 0.3 is 0 Å². The van der Waals surface area contributed by atoms with Crippen molar-refractivity contribution in [1.82, 2.24) is 5.01 Å². The van der Waals surface area contributed by atoms with Crippen LogP contribution in [0.1, 0.15) is 18.1 Å². The van der Waals surface area contributed by atoms with Gasteiger partial charge in [-0.3, -0.25) is 10.2 Å². The zero-order valence-electron chi connectivity index (χ0n) is 16.9. The van der Waals surface area contributed by atoms with Crippen LogP contribution in [0.2, 0.25) is 5.02 Å². The molecule has 0 saturated carbocycles. The van der Waals surface area contributed by atoms with Crippen molar-refractivity contribution in [2.45, 2.75) is 13.8 Å². The SMILES string of the molecule is CC1=NN2C(=N)/C(=C\c3ccc(OCCOc4ccc(Cl)c(C)c4)cc3)C(=O)N=C2S1. The lowest BCUT2D eigenvalue weighted by atomic mass is 10.1. The smallest absolute Gasteiger partial charge is 0.283 e. The quantitative estimate of drug-likeness (QED) is 0.503. The molecule has 2 aromatic carbocycles. The van der Waals surface area contributed by atoms with Gasteiger partial charge in [0.25, 0.3) is 5.91 Å². The fourth-order valence-electron chi connectivity index (χ4n) is 2.94. The van der Waals surface area contributed by atoms with Gasteiger partial charge in [0.1, 0.15) is 24.7 Å². The van der Waals surface area contributed by atoms with Crippen molar-refractivity contribution < 1.29 is 14.3 Å². The molecule has 4 rings (SSSR count). The van der Waals surface area contributed by atoms with Crippen molar-refractivity contribution >= 4 is 51.4 Å². The molecule has 1 amide bonds. The van der Waals surface area contributed by atoms with Gasteiger partial charge in [-0.2, -0.15) is 15.1 Å². The minimum atomic E-state index is -0.441. The molecule has 7 nitrogen and oxygen atoms in total. The largest absolute Gasteiger partial charge is 0.490 e. The number of nitrogens with zero attached hydrogens (tertiary/aromatic N) is 3. The second-order valence-corrected chi connectivity index (χ2v) is 8.38. The Labute approximate surface area is 188 Å². The number of ether oxygens (including phenoxy) is 2. The third-order valence-corrected chi connectivity index (χ3v) is 5.74. The summed E-state index contributed by atoms with van der Waals surface area (Å²) in [7, 11) is 0. The van der Waals surface area contributed by atoms with Crippen LogP contribution in [-0.4, -0.2) is 40.2 Å². The monoisotopic (exact) mass is 454 g/mol. The number of halogens is 1.